The lowest BCUT2D eigenvalue weighted by Gasteiger charge is -2.33. The first kappa shape index (κ1) is 15.8. The molecule has 1 aromatic carbocycles. The summed E-state index contributed by atoms with van der Waals surface area (Å²) in [6.45, 7) is 4.39. The van der Waals surface area contributed by atoms with Crippen molar-refractivity contribution in [3.63, 3.8) is 0 Å². The maximum absolute atomic E-state index is 12.4. The van der Waals surface area contributed by atoms with E-state index >= 15 is 0 Å². The summed E-state index contributed by atoms with van der Waals surface area (Å²) in [5.41, 5.74) is -0.0409. The molecular weight excluding hydrogens is 266 g/mol. The standard InChI is InChI=1S/C17H25NO3/c1-4-21-15-12-8-7-11-14(15)17(2,16(19)20-3)18-13-9-5-6-10-13/h7-8,11-13,18H,4-6,9-10H2,1-3H3. The zero-order valence-corrected chi connectivity index (χ0v) is 13.1. The second-order valence-electron chi connectivity index (χ2n) is 5.67. The van der Waals surface area contributed by atoms with Crippen molar-refractivity contribution in [1.82, 2.24) is 5.32 Å². The van der Waals surface area contributed by atoms with E-state index in [1.807, 2.05) is 38.1 Å². The topological polar surface area (TPSA) is 47.6 Å². The predicted octanol–water partition coefficient (Wildman–Crippen LogP) is 3.01. The minimum absolute atomic E-state index is 0.276. The molecule has 0 aromatic heterocycles. The Morgan fingerprint density at radius 2 is 2.00 bits per heavy atom. The number of hydrogen-bond donors (Lipinski definition) is 1. The lowest BCUT2D eigenvalue weighted by molar-refractivity contribution is -0.148. The first-order chi connectivity index (χ1) is 10.1. The lowest BCUT2D eigenvalue weighted by atomic mass is 9.89. The number of para-hydroxylation sites is 1. The molecule has 1 N–H and O–H groups in total. The van der Waals surface area contributed by atoms with Crippen LogP contribution in [-0.2, 0) is 15.1 Å². The number of methoxy groups -OCH3 is 1. The third-order valence-electron chi connectivity index (χ3n) is 4.17. The molecule has 116 valence electrons. The van der Waals surface area contributed by atoms with Gasteiger partial charge in [-0.1, -0.05) is 31.0 Å². The number of nitrogens with one attached hydrogen (secondary N) is 1. The SMILES string of the molecule is CCOc1ccccc1C(C)(NC1CCCC1)C(=O)OC. The highest BCUT2D eigenvalue weighted by molar-refractivity contribution is 5.83. The van der Waals surface area contributed by atoms with Crippen molar-refractivity contribution in [2.24, 2.45) is 0 Å². The second kappa shape index (κ2) is 6.94. The van der Waals surface area contributed by atoms with E-state index < -0.39 is 5.54 Å². The van der Waals surface area contributed by atoms with Crippen molar-refractivity contribution < 1.29 is 14.3 Å². The van der Waals surface area contributed by atoms with Gasteiger partial charge in [0.05, 0.1) is 13.7 Å². The average Bonchev–Trinajstić information content (AvgIpc) is 3.00. The van der Waals surface area contributed by atoms with Gasteiger partial charge in [-0.3, -0.25) is 5.32 Å². The summed E-state index contributed by atoms with van der Waals surface area (Å²) in [4.78, 5) is 12.4. The predicted molar refractivity (Wildman–Crippen MR) is 82.4 cm³/mol. The molecule has 1 atom stereocenters. The highest BCUT2D eigenvalue weighted by Crippen LogP contribution is 2.33. The Morgan fingerprint density at radius 1 is 1.33 bits per heavy atom. The van der Waals surface area contributed by atoms with E-state index in [1.165, 1.54) is 20.0 Å². The van der Waals surface area contributed by atoms with Crippen LogP contribution in [0.2, 0.25) is 0 Å². The molecule has 2 rings (SSSR count). The molecule has 0 saturated heterocycles. The lowest BCUT2D eigenvalue weighted by Crippen LogP contribution is -2.51. The van der Waals surface area contributed by atoms with Gasteiger partial charge in [0.2, 0.25) is 0 Å². The quantitative estimate of drug-likeness (QED) is 0.819. The summed E-state index contributed by atoms with van der Waals surface area (Å²) >= 11 is 0. The maximum atomic E-state index is 12.4. The van der Waals surface area contributed by atoms with Crippen molar-refractivity contribution in [2.45, 2.75) is 51.1 Å². The molecule has 1 aromatic rings. The van der Waals surface area contributed by atoms with Gasteiger partial charge in [0.15, 0.2) is 0 Å². The van der Waals surface area contributed by atoms with Gasteiger partial charge in [-0.25, -0.2) is 4.79 Å². The average molecular weight is 291 g/mol. The van der Waals surface area contributed by atoms with E-state index in [0.29, 0.717) is 12.6 Å². The van der Waals surface area contributed by atoms with Gasteiger partial charge in [-0.2, -0.15) is 0 Å². The van der Waals surface area contributed by atoms with Gasteiger partial charge < -0.3 is 9.47 Å². The van der Waals surface area contributed by atoms with Gasteiger partial charge >= 0.3 is 5.97 Å². The Morgan fingerprint density at radius 3 is 2.62 bits per heavy atom. The zero-order valence-electron chi connectivity index (χ0n) is 13.1. The van der Waals surface area contributed by atoms with E-state index in [-0.39, 0.29) is 5.97 Å². The fourth-order valence-corrected chi connectivity index (χ4v) is 3.09. The Bertz CT molecular complexity index is 483. The summed E-state index contributed by atoms with van der Waals surface area (Å²) < 4.78 is 10.8. The van der Waals surface area contributed by atoms with Crippen LogP contribution >= 0.6 is 0 Å². The second-order valence-corrected chi connectivity index (χ2v) is 5.67. The Balaban J connectivity index is 2.36. The van der Waals surface area contributed by atoms with E-state index in [9.17, 15) is 4.79 Å². The van der Waals surface area contributed by atoms with Crippen molar-refractivity contribution in [3.05, 3.63) is 29.8 Å². The number of benzene rings is 1. The summed E-state index contributed by atoms with van der Waals surface area (Å²) in [5, 5.41) is 3.50. The number of hydrogen-bond acceptors (Lipinski definition) is 4. The van der Waals surface area contributed by atoms with Crippen LogP contribution in [0.5, 0.6) is 5.75 Å². The number of esters is 1. The normalized spacial score (nSPS) is 18.2. The van der Waals surface area contributed by atoms with Gasteiger partial charge in [0, 0.05) is 11.6 Å². The van der Waals surface area contributed by atoms with Crippen LogP contribution in [0, 0.1) is 0 Å². The first-order valence-corrected chi connectivity index (χ1v) is 7.70. The third-order valence-corrected chi connectivity index (χ3v) is 4.17. The maximum Gasteiger partial charge on any atom is 0.330 e. The van der Waals surface area contributed by atoms with Gasteiger partial charge in [0.25, 0.3) is 0 Å². The van der Waals surface area contributed by atoms with Crippen LogP contribution in [-0.4, -0.2) is 25.7 Å². The van der Waals surface area contributed by atoms with E-state index in [2.05, 4.69) is 5.32 Å². The smallest absolute Gasteiger partial charge is 0.330 e. The molecule has 4 nitrogen and oxygen atoms in total. The highest BCUT2D eigenvalue weighted by Gasteiger charge is 2.40. The van der Waals surface area contributed by atoms with Crippen molar-refractivity contribution in [1.29, 1.82) is 0 Å². The Kier molecular flexibility index (Phi) is 5.23. The van der Waals surface area contributed by atoms with Gasteiger partial charge in [-0.05, 0) is 32.8 Å². The van der Waals surface area contributed by atoms with Crippen LogP contribution in [0.3, 0.4) is 0 Å². The first-order valence-electron chi connectivity index (χ1n) is 7.70. The molecular formula is C17H25NO3. The van der Waals surface area contributed by atoms with E-state index in [4.69, 9.17) is 9.47 Å². The minimum atomic E-state index is -0.879. The molecule has 1 fully saturated rings. The van der Waals surface area contributed by atoms with Gasteiger partial charge in [0.1, 0.15) is 11.3 Å². The summed E-state index contributed by atoms with van der Waals surface area (Å²) in [5.74, 6) is 0.458. The molecule has 1 aliphatic rings. The van der Waals surface area contributed by atoms with Crippen LogP contribution in [0.25, 0.3) is 0 Å². The van der Waals surface area contributed by atoms with Crippen molar-refractivity contribution >= 4 is 5.97 Å². The molecule has 0 radical (unpaired) electrons. The third kappa shape index (κ3) is 3.38. The summed E-state index contributed by atoms with van der Waals surface area (Å²) in [7, 11) is 1.43. The fourth-order valence-electron chi connectivity index (χ4n) is 3.09. The highest BCUT2D eigenvalue weighted by atomic mass is 16.5. The van der Waals surface area contributed by atoms with E-state index in [0.717, 1.165) is 24.2 Å². The van der Waals surface area contributed by atoms with Gasteiger partial charge in [-0.15, -0.1) is 0 Å². The molecule has 1 aliphatic carbocycles. The number of carbonyl (C=O) groups excluding carboxylic acids is 1. The molecule has 0 amide bonds. The molecule has 4 heteroatoms. The largest absolute Gasteiger partial charge is 0.494 e. The molecule has 0 aliphatic heterocycles. The van der Waals surface area contributed by atoms with Crippen LogP contribution in [0.15, 0.2) is 24.3 Å². The molecule has 0 spiro atoms. The van der Waals surface area contributed by atoms with Crippen LogP contribution < -0.4 is 10.1 Å². The number of ether oxygens (including phenoxy) is 2. The van der Waals surface area contributed by atoms with Crippen molar-refractivity contribution in [3.8, 4) is 5.75 Å². The molecule has 1 saturated carbocycles. The summed E-state index contributed by atoms with van der Waals surface area (Å²) in [6.07, 6.45) is 4.62. The Hall–Kier alpha value is -1.55. The van der Waals surface area contributed by atoms with Crippen LogP contribution in [0.4, 0.5) is 0 Å². The summed E-state index contributed by atoms with van der Waals surface area (Å²) in [6, 6.07) is 8.03. The van der Waals surface area contributed by atoms with E-state index in [1.54, 1.807) is 0 Å². The molecule has 0 bridgehead atoms. The number of rotatable bonds is 6. The molecule has 21 heavy (non-hydrogen) atoms. The Labute approximate surface area is 126 Å². The molecule has 1 unspecified atom stereocenters. The fraction of sp³-hybridized carbons (Fsp3) is 0.588. The zero-order chi connectivity index (χ0) is 15.3. The minimum Gasteiger partial charge on any atom is -0.494 e. The van der Waals surface area contributed by atoms with Crippen molar-refractivity contribution in [2.75, 3.05) is 13.7 Å². The number of carbonyl (C=O) groups is 1. The molecule has 0 heterocycles. The van der Waals surface area contributed by atoms with Crippen LogP contribution in [0.1, 0.15) is 45.1 Å². The monoisotopic (exact) mass is 291 g/mol.